The van der Waals surface area contributed by atoms with Crippen LogP contribution in [0.3, 0.4) is 0 Å². The number of halogens is 2. The first-order valence-electron chi connectivity index (χ1n) is 16.5. The standard InChI is InChI=1S/C38H38Br2O8/c1-3-5-6-7-8-9-10-11-12-19(4-2)17-24-33(38(47)48)31-23(36(43)44)16-13-20-28-26(39)18-25(37(45)46)27-22(35(41)42)15-14-21(29(27)28)32(30(20)31)34(24)40/h13-16,18-19H,3-12,17H2,1-2H3,(H,41,42)(H,43,44)(H,45,46)(H,47,48). The van der Waals surface area contributed by atoms with Crippen molar-refractivity contribution in [2.24, 2.45) is 5.92 Å². The summed E-state index contributed by atoms with van der Waals surface area (Å²) >= 11 is 7.28. The lowest BCUT2D eigenvalue weighted by Crippen LogP contribution is -2.13. The van der Waals surface area contributed by atoms with Crippen molar-refractivity contribution in [3.8, 4) is 0 Å². The molecule has 0 radical (unpaired) electrons. The molecular formula is C38H38Br2O8. The summed E-state index contributed by atoms with van der Waals surface area (Å²) in [4.78, 5) is 50.7. The largest absolute Gasteiger partial charge is 0.478 e. The highest BCUT2D eigenvalue weighted by molar-refractivity contribution is 9.11. The lowest BCUT2D eigenvalue weighted by molar-refractivity contribution is 0.0680. The summed E-state index contributed by atoms with van der Waals surface area (Å²) in [5.74, 6) is -4.96. The van der Waals surface area contributed by atoms with Gasteiger partial charge in [-0.2, -0.15) is 0 Å². The van der Waals surface area contributed by atoms with E-state index in [2.05, 4.69) is 45.7 Å². The minimum Gasteiger partial charge on any atom is -0.478 e. The summed E-state index contributed by atoms with van der Waals surface area (Å²) in [6.07, 6.45) is 11.5. The number of hydrogen-bond acceptors (Lipinski definition) is 4. The third-order valence-electron chi connectivity index (χ3n) is 9.71. The van der Waals surface area contributed by atoms with Crippen LogP contribution in [0.5, 0.6) is 0 Å². The van der Waals surface area contributed by atoms with Gasteiger partial charge in [0.15, 0.2) is 0 Å². The number of carboxylic acid groups (broad SMARTS) is 4. The number of unbranched alkanes of at least 4 members (excludes halogenated alkanes) is 7. The molecule has 5 rings (SSSR count). The summed E-state index contributed by atoms with van der Waals surface area (Å²) in [5.41, 5.74) is -0.136. The second-order valence-electron chi connectivity index (χ2n) is 12.6. The van der Waals surface area contributed by atoms with Gasteiger partial charge in [0, 0.05) is 41.3 Å². The molecule has 1 unspecified atom stereocenters. The zero-order valence-electron chi connectivity index (χ0n) is 26.9. The summed E-state index contributed by atoms with van der Waals surface area (Å²) < 4.78 is 0.845. The van der Waals surface area contributed by atoms with E-state index in [0.29, 0.717) is 53.2 Å². The van der Waals surface area contributed by atoms with Crippen molar-refractivity contribution < 1.29 is 39.6 Å². The number of fused-ring (bicyclic) bond motifs is 2. The van der Waals surface area contributed by atoms with E-state index in [0.717, 1.165) is 32.1 Å². The summed E-state index contributed by atoms with van der Waals surface area (Å²) in [5, 5.41) is 44.2. The quantitative estimate of drug-likeness (QED) is 0.0439. The van der Waals surface area contributed by atoms with Crippen molar-refractivity contribution in [3.63, 3.8) is 0 Å². The van der Waals surface area contributed by atoms with E-state index in [1.807, 2.05) is 0 Å². The average molecular weight is 783 g/mol. The first-order chi connectivity index (χ1) is 22.9. The number of benzene rings is 5. The molecule has 0 saturated heterocycles. The van der Waals surface area contributed by atoms with E-state index in [4.69, 9.17) is 0 Å². The fourth-order valence-corrected chi connectivity index (χ4v) is 8.78. The number of carbonyl (C=O) groups is 4. The van der Waals surface area contributed by atoms with Crippen molar-refractivity contribution in [1.29, 1.82) is 0 Å². The molecule has 0 heterocycles. The normalized spacial score (nSPS) is 12.4. The highest BCUT2D eigenvalue weighted by Gasteiger charge is 2.31. The maximum Gasteiger partial charge on any atom is 0.336 e. The summed E-state index contributed by atoms with van der Waals surface area (Å²) in [7, 11) is 0. The molecule has 0 aromatic heterocycles. The summed E-state index contributed by atoms with van der Waals surface area (Å²) in [6, 6.07) is 7.26. The van der Waals surface area contributed by atoms with E-state index in [1.165, 1.54) is 50.3 Å². The zero-order valence-corrected chi connectivity index (χ0v) is 30.1. The monoisotopic (exact) mass is 780 g/mol. The van der Waals surface area contributed by atoms with Crippen LogP contribution in [0, 0.1) is 5.92 Å². The van der Waals surface area contributed by atoms with Crippen LogP contribution in [0.1, 0.15) is 125 Å². The van der Waals surface area contributed by atoms with E-state index >= 15 is 0 Å². The van der Waals surface area contributed by atoms with Gasteiger partial charge in [0.25, 0.3) is 0 Å². The zero-order chi connectivity index (χ0) is 34.9. The maximum absolute atomic E-state index is 13.2. The second-order valence-corrected chi connectivity index (χ2v) is 14.3. The number of rotatable bonds is 16. The highest BCUT2D eigenvalue weighted by atomic mass is 79.9. The fraction of sp³-hybridized carbons (Fsp3) is 0.368. The minimum atomic E-state index is -1.30. The van der Waals surface area contributed by atoms with Gasteiger partial charge in [0.2, 0.25) is 0 Å². The van der Waals surface area contributed by atoms with Crippen LogP contribution in [0.15, 0.2) is 39.3 Å². The fourth-order valence-electron chi connectivity index (χ4n) is 7.37. The Kier molecular flexibility index (Phi) is 10.9. The van der Waals surface area contributed by atoms with Gasteiger partial charge in [0.1, 0.15) is 0 Å². The molecule has 0 amide bonds. The molecule has 4 N–H and O–H groups in total. The molecule has 0 fully saturated rings. The van der Waals surface area contributed by atoms with Gasteiger partial charge in [-0.15, -0.1) is 0 Å². The van der Waals surface area contributed by atoms with Gasteiger partial charge in [-0.1, -0.05) is 106 Å². The molecule has 0 aliphatic carbocycles. The Morgan fingerprint density at radius 2 is 1.12 bits per heavy atom. The molecule has 48 heavy (non-hydrogen) atoms. The van der Waals surface area contributed by atoms with Gasteiger partial charge < -0.3 is 20.4 Å². The molecule has 10 heteroatoms. The molecule has 0 bridgehead atoms. The first-order valence-corrected chi connectivity index (χ1v) is 18.1. The molecule has 5 aromatic rings. The number of hydrogen-bond donors (Lipinski definition) is 4. The van der Waals surface area contributed by atoms with E-state index in [-0.39, 0.29) is 38.9 Å². The lowest BCUT2D eigenvalue weighted by Gasteiger charge is -2.24. The van der Waals surface area contributed by atoms with Crippen LogP contribution in [-0.2, 0) is 6.42 Å². The molecule has 0 aliphatic rings. The Balaban J connectivity index is 1.80. The van der Waals surface area contributed by atoms with Crippen molar-refractivity contribution >= 4 is 98.8 Å². The van der Waals surface area contributed by atoms with E-state index in [1.54, 1.807) is 12.1 Å². The molecule has 8 nitrogen and oxygen atoms in total. The van der Waals surface area contributed by atoms with E-state index < -0.39 is 23.9 Å². The van der Waals surface area contributed by atoms with Gasteiger partial charge in [0.05, 0.1) is 22.3 Å². The van der Waals surface area contributed by atoms with E-state index in [9.17, 15) is 39.6 Å². The van der Waals surface area contributed by atoms with Crippen LogP contribution >= 0.6 is 31.9 Å². The van der Waals surface area contributed by atoms with Crippen LogP contribution in [0.2, 0.25) is 0 Å². The third kappa shape index (κ3) is 6.36. The van der Waals surface area contributed by atoms with Crippen LogP contribution in [0.4, 0.5) is 0 Å². The predicted molar refractivity (Wildman–Crippen MR) is 196 cm³/mol. The topological polar surface area (TPSA) is 149 Å². The van der Waals surface area contributed by atoms with Gasteiger partial charge >= 0.3 is 23.9 Å². The molecule has 0 saturated carbocycles. The SMILES string of the molecule is CCCCCCCCCCC(CC)Cc1c(C(=O)O)c2c(C(=O)O)ccc3c4c(Br)cc(C(=O)O)c5c(C(=O)O)ccc(c(c1Br)c23)c54. The Morgan fingerprint density at radius 3 is 1.67 bits per heavy atom. The van der Waals surface area contributed by atoms with Crippen molar-refractivity contribution in [1.82, 2.24) is 0 Å². The molecule has 1 atom stereocenters. The van der Waals surface area contributed by atoms with Gasteiger partial charge in [-0.3, -0.25) is 0 Å². The summed E-state index contributed by atoms with van der Waals surface area (Å²) in [6.45, 7) is 4.28. The van der Waals surface area contributed by atoms with Gasteiger partial charge in [-0.05, 0) is 62.8 Å². The Bertz CT molecular complexity index is 2080. The molecule has 0 spiro atoms. The van der Waals surface area contributed by atoms with Crippen LogP contribution < -0.4 is 0 Å². The van der Waals surface area contributed by atoms with Crippen LogP contribution in [0.25, 0.3) is 43.1 Å². The Hall–Kier alpha value is -3.76. The third-order valence-corrected chi connectivity index (χ3v) is 11.2. The smallest absolute Gasteiger partial charge is 0.336 e. The molecular weight excluding hydrogens is 744 g/mol. The molecule has 5 aromatic carbocycles. The first kappa shape index (κ1) is 35.5. The Morgan fingerprint density at radius 1 is 0.604 bits per heavy atom. The molecule has 0 aliphatic heterocycles. The van der Waals surface area contributed by atoms with Crippen molar-refractivity contribution in [2.75, 3.05) is 0 Å². The van der Waals surface area contributed by atoms with Crippen LogP contribution in [-0.4, -0.2) is 44.3 Å². The highest BCUT2D eigenvalue weighted by Crippen LogP contribution is 2.50. The maximum atomic E-state index is 13.2. The lowest BCUT2D eigenvalue weighted by atomic mass is 9.81. The minimum absolute atomic E-state index is 0.0451. The average Bonchev–Trinajstić information content (AvgIpc) is 3.04. The molecule has 252 valence electrons. The van der Waals surface area contributed by atoms with Crippen molar-refractivity contribution in [3.05, 3.63) is 67.1 Å². The Labute approximate surface area is 294 Å². The number of carboxylic acids is 4. The van der Waals surface area contributed by atoms with Crippen molar-refractivity contribution in [2.45, 2.75) is 84.5 Å². The van der Waals surface area contributed by atoms with Gasteiger partial charge in [-0.25, -0.2) is 19.2 Å². The predicted octanol–water partition coefficient (Wildman–Crippen LogP) is 11.2. The number of aromatic carboxylic acids is 4. The second kappa shape index (κ2) is 14.8.